The summed E-state index contributed by atoms with van der Waals surface area (Å²) >= 11 is 0. The Morgan fingerprint density at radius 1 is 1.18 bits per heavy atom. The summed E-state index contributed by atoms with van der Waals surface area (Å²) in [6.45, 7) is 2.90. The van der Waals surface area contributed by atoms with Crippen LogP contribution < -0.4 is 5.32 Å². The van der Waals surface area contributed by atoms with Gasteiger partial charge in [-0.3, -0.25) is 14.4 Å². The number of furan rings is 1. The van der Waals surface area contributed by atoms with Gasteiger partial charge in [-0.15, -0.1) is 0 Å². The van der Waals surface area contributed by atoms with E-state index < -0.39 is 18.0 Å². The Morgan fingerprint density at radius 2 is 1.96 bits per heavy atom. The van der Waals surface area contributed by atoms with Crippen molar-refractivity contribution in [1.82, 2.24) is 0 Å². The number of rotatable bonds is 6. The number of amides is 1. The summed E-state index contributed by atoms with van der Waals surface area (Å²) in [5, 5.41) is 12.8. The Morgan fingerprint density at radius 3 is 2.71 bits per heavy atom. The van der Waals surface area contributed by atoms with Crippen LogP contribution in [0.3, 0.4) is 0 Å². The van der Waals surface area contributed by atoms with Gasteiger partial charge in [0.1, 0.15) is 11.3 Å². The average molecular weight is 381 g/mol. The number of carbonyl (C=O) groups is 3. The van der Waals surface area contributed by atoms with Crippen LogP contribution in [0, 0.1) is 0 Å². The van der Waals surface area contributed by atoms with E-state index in [9.17, 15) is 19.5 Å². The summed E-state index contributed by atoms with van der Waals surface area (Å²) in [4.78, 5) is 35.9. The molecule has 0 aliphatic carbocycles. The van der Waals surface area contributed by atoms with E-state index >= 15 is 0 Å². The van der Waals surface area contributed by atoms with E-state index in [0.717, 1.165) is 0 Å². The van der Waals surface area contributed by atoms with E-state index in [2.05, 4.69) is 5.32 Å². The molecule has 1 aromatic heterocycles. The number of nitrogens with one attached hydrogen (secondary N) is 1. The lowest BCUT2D eigenvalue weighted by Crippen LogP contribution is -2.30. The third-order valence-corrected chi connectivity index (χ3v) is 4.19. The molecule has 0 unspecified atom stereocenters. The fourth-order valence-corrected chi connectivity index (χ4v) is 2.72. The number of Topliss-reactive ketones (excluding diaryl/α,β-unsaturated/α-hetero) is 1. The van der Waals surface area contributed by atoms with Gasteiger partial charge >= 0.3 is 5.97 Å². The topological polar surface area (TPSA) is 106 Å². The Labute approximate surface area is 160 Å². The second-order valence-corrected chi connectivity index (χ2v) is 6.38. The molecule has 0 spiro atoms. The molecule has 1 amide bonds. The third kappa shape index (κ3) is 4.37. The maximum absolute atomic E-state index is 12.3. The second kappa shape index (κ2) is 7.96. The zero-order chi connectivity index (χ0) is 20.3. The number of carbonyl (C=O) groups excluding carboxylic acids is 3. The number of ether oxygens (including phenoxy) is 1. The molecular weight excluding hydrogens is 362 g/mol. The number of hydrogen-bond donors (Lipinski definition) is 2. The lowest BCUT2D eigenvalue weighted by Gasteiger charge is -2.13. The molecule has 0 saturated carbocycles. The summed E-state index contributed by atoms with van der Waals surface area (Å²) in [5.41, 5.74) is 1.97. The minimum absolute atomic E-state index is 0.0649. The maximum atomic E-state index is 12.3. The minimum atomic E-state index is -1.02. The van der Waals surface area contributed by atoms with Gasteiger partial charge in [0.25, 0.3) is 5.91 Å². The summed E-state index contributed by atoms with van der Waals surface area (Å²) in [5.74, 6) is -1.14. The molecule has 3 rings (SSSR count). The first-order chi connectivity index (χ1) is 13.3. The number of benzene rings is 2. The molecule has 1 heterocycles. The summed E-state index contributed by atoms with van der Waals surface area (Å²) in [6, 6.07) is 11.1. The van der Waals surface area contributed by atoms with Gasteiger partial charge in [0.2, 0.25) is 0 Å². The standard InChI is InChI=1S/C21H19NO6/c1-12(23)14-4-3-5-16(8-14)22-21(26)13(2)28-20(25)9-15-11-27-19-10-17(24)6-7-18(15)19/h3-8,10-11,13,24H,9H2,1-2H3,(H,22,26)/t13-/m1/s1. The molecule has 0 bridgehead atoms. The number of fused-ring (bicyclic) bond motifs is 1. The van der Waals surface area contributed by atoms with Crippen molar-refractivity contribution in [3.63, 3.8) is 0 Å². The van der Waals surface area contributed by atoms with Crippen molar-refractivity contribution in [3.8, 4) is 5.75 Å². The van der Waals surface area contributed by atoms with Crippen LogP contribution >= 0.6 is 0 Å². The first-order valence-electron chi connectivity index (χ1n) is 8.64. The lowest BCUT2D eigenvalue weighted by atomic mass is 10.1. The minimum Gasteiger partial charge on any atom is -0.508 e. The van der Waals surface area contributed by atoms with Crippen molar-refractivity contribution < 1.29 is 28.6 Å². The molecule has 0 radical (unpaired) electrons. The monoisotopic (exact) mass is 381 g/mol. The molecule has 2 aromatic carbocycles. The molecule has 0 aliphatic rings. The highest BCUT2D eigenvalue weighted by molar-refractivity contribution is 5.98. The first kappa shape index (κ1) is 19.2. The van der Waals surface area contributed by atoms with E-state index in [4.69, 9.17) is 9.15 Å². The van der Waals surface area contributed by atoms with Crippen LogP contribution in [0.25, 0.3) is 11.0 Å². The normalized spacial score (nSPS) is 11.8. The van der Waals surface area contributed by atoms with Crippen molar-refractivity contribution in [2.24, 2.45) is 0 Å². The predicted octanol–water partition coefficient (Wildman–Crippen LogP) is 3.45. The van der Waals surface area contributed by atoms with Gasteiger partial charge in [0, 0.05) is 28.3 Å². The Hall–Kier alpha value is -3.61. The average Bonchev–Trinajstić information content (AvgIpc) is 3.03. The van der Waals surface area contributed by atoms with Gasteiger partial charge in [-0.1, -0.05) is 12.1 Å². The number of phenolic OH excluding ortho intramolecular Hbond substituents is 1. The summed E-state index contributed by atoms with van der Waals surface area (Å²) in [7, 11) is 0. The smallest absolute Gasteiger partial charge is 0.311 e. The number of phenols is 1. The number of ketones is 1. The molecule has 144 valence electrons. The van der Waals surface area contributed by atoms with Crippen molar-refractivity contribution in [3.05, 3.63) is 59.9 Å². The van der Waals surface area contributed by atoms with E-state index in [1.807, 2.05) is 0 Å². The van der Waals surface area contributed by atoms with E-state index in [0.29, 0.717) is 27.8 Å². The van der Waals surface area contributed by atoms with E-state index in [1.165, 1.54) is 32.2 Å². The van der Waals surface area contributed by atoms with Gasteiger partial charge in [0.15, 0.2) is 11.9 Å². The van der Waals surface area contributed by atoms with Gasteiger partial charge in [-0.05, 0) is 38.1 Å². The first-order valence-corrected chi connectivity index (χ1v) is 8.64. The lowest BCUT2D eigenvalue weighted by molar-refractivity contribution is -0.152. The molecule has 3 aromatic rings. The predicted molar refractivity (Wildman–Crippen MR) is 102 cm³/mol. The van der Waals surface area contributed by atoms with E-state index in [1.54, 1.807) is 30.3 Å². The quantitative estimate of drug-likeness (QED) is 0.500. The summed E-state index contributed by atoms with van der Waals surface area (Å²) < 4.78 is 10.5. The van der Waals surface area contributed by atoms with Crippen molar-refractivity contribution >= 4 is 34.3 Å². The molecule has 28 heavy (non-hydrogen) atoms. The maximum Gasteiger partial charge on any atom is 0.311 e. The van der Waals surface area contributed by atoms with Crippen molar-refractivity contribution in [2.45, 2.75) is 26.4 Å². The van der Waals surface area contributed by atoms with Gasteiger partial charge in [-0.25, -0.2) is 0 Å². The highest BCUT2D eigenvalue weighted by atomic mass is 16.5. The Balaban J connectivity index is 1.61. The van der Waals surface area contributed by atoms with Crippen LogP contribution in [0.15, 0.2) is 53.1 Å². The van der Waals surface area contributed by atoms with Gasteiger partial charge < -0.3 is 19.6 Å². The van der Waals surface area contributed by atoms with Crippen LogP contribution in [0.4, 0.5) is 5.69 Å². The third-order valence-electron chi connectivity index (χ3n) is 4.19. The van der Waals surface area contributed by atoms with Crippen molar-refractivity contribution in [1.29, 1.82) is 0 Å². The van der Waals surface area contributed by atoms with Gasteiger partial charge in [-0.2, -0.15) is 0 Å². The number of esters is 1. The molecule has 2 N–H and O–H groups in total. The summed E-state index contributed by atoms with van der Waals surface area (Å²) in [6.07, 6.45) is 0.328. The Kier molecular flexibility index (Phi) is 5.44. The molecule has 1 atom stereocenters. The molecule has 0 saturated heterocycles. The molecule has 0 fully saturated rings. The highest BCUT2D eigenvalue weighted by Crippen LogP contribution is 2.25. The second-order valence-electron chi connectivity index (χ2n) is 6.38. The van der Waals surface area contributed by atoms with Crippen LogP contribution in [-0.2, 0) is 20.7 Å². The van der Waals surface area contributed by atoms with Crippen LogP contribution in [0.5, 0.6) is 5.75 Å². The number of hydrogen-bond acceptors (Lipinski definition) is 6. The molecular formula is C21H19NO6. The number of anilines is 1. The van der Waals surface area contributed by atoms with Crippen LogP contribution in [0.2, 0.25) is 0 Å². The highest BCUT2D eigenvalue weighted by Gasteiger charge is 2.20. The molecule has 0 aliphatic heterocycles. The Bertz CT molecular complexity index is 1050. The van der Waals surface area contributed by atoms with Crippen LogP contribution in [-0.4, -0.2) is 28.9 Å². The fraction of sp³-hybridized carbons (Fsp3) is 0.190. The SMILES string of the molecule is CC(=O)c1cccc(NC(=O)[C@@H](C)OC(=O)Cc2coc3cc(O)ccc23)c1. The van der Waals surface area contributed by atoms with Crippen LogP contribution in [0.1, 0.15) is 29.8 Å². The molecule has 7 heteroatoms. The van der Waals surface area contributed by atoms with Crippen molar-refractivity contribution in [2.75, 3.05) is 5.32 Å². The number of aromatic hydroxyl groups is 1. The zero-order valence-corrected chi connectivity index (χ0v) is 15.4. The van der Waals surface area contributed by atoms with Gasteiger partial charge in [0.05, 0.1) is 12.7 Å². The zero-order valence-electron chi connectivity index (χ0n) is 15.4. The molecule has 7 nitrogen and oxygen atoms in total. The van der Waals surface area contributed by atoms with E-state index in [-0.39, 0.29) is 18.0 Å². The largest absolute Gasteiger partial charge is 0.508 e. The fourth-order valence-electron chi connectivity index (χ4n) is 2.72.